The first-order chi connectivity index (χ1) is 14.4. The molecule has 0 aliphatic heterocycles. The first-order valence-electron chi connectivity index (χ1n) is 10.9. The van der Waals surface area contributed by atoms with Crippen molar-refractivity contribution in [2.45, 2.75) is 84.0 Å². The maximum Gasteiger partial charge on any atom is 0.303 e. The fourth-order valence-electron chi connectivity index (χ4n) is 3.09. The van der Waals surface area contributed by atoms with E-state index in [1.807, 2.05) is 25.1 Å². The summed E-state index contributed by atoms with van der Waals surface area (Å²) >= 11 is 0. The van der Waals surface area contributed by atoms with Crippen molar-refractivity contribution in [3.05, 3.63) is 23.8 Å². The van der Waals surface area contributed by atoms with Crippen molar-refractivity contribution in [2.24, 2.45) is 0 Å². The molecular formula is C23H35NO6. The van der Waals surface area contributed by atoms with E-state index in [0.29, 0.717) is 24.3 Å². The number of nitrogens with one attached hydrogen (secondary N) is 1. The summed E-state index contributed by atoms with van der Waals surface area (Å²) in [5.74, 6) is -1.06. The lowest BCUT2D eigenvalue weighted by Gasteiger charge is -2.13. The molecule has 30 heavy (non-hydrogen) atoms. The number of carbonyl (C=O) groups is 3. The number of carbonyl (C=O) groups excluding carboxylic acids is 1. The highest BCUT2D eigenvalue weighted by molar-refractivity contribution is 5.92. The van der Waals surface area contributed by atoms with Crippen LogP contribution in [0.15, 0.2) is 18.2 Å². The molecule has 0 unspecified atom stereocenters. The Morgan fingerprint density at radius 1 is 0.800 bits per heavy atom. The van der Waals surface area contributed by atoms with E-state index < -0.39 is 11.9 Å². The number of unbranched alkanes of at least 4 members (excludes halogenated alkanes) is 7. The molecule has 1 aromatic carbocycles. The number of aryl methyl sites for hydroxylation is 1. The lowest BCUT2D eigenvalue weighted by atomic mass is 10.1. The van der Waals surface area contributed by atoms with E-state index in [1.54, 1.807) is 0 Å². The Morgan fingerprint density at radius 2 is 1.33 bits per heavy atom. The fraction of sp³-hybridized carbons (Fsp3) is 0.609. The minimum Gasteiger partial charge on any atom is -0.491 e. The second-order valence-corrected chi connectivity index (χ2v) is 7.62. The number of carboxylic acid groups (broad SMARTS) is 2. The first-order valence-corrected chi connectivity index (χ1v) is 10.9. The van der Waals surface area contributed by atoms with E-state index in [4.69, 9.17) is 14.9 Å². The quantitative estimate of drug-likeness (QED) is 0.299. The van der Waals surface area contributed by atoms with Crippen LogP contribution in [0, 0.1) is 6.92 Å². The van der Waals surface area contributed by atoms with Crippen LogP contribution >= 0.6 is 0 Å². The Bertz CT molecular complexity index is 674. The Morgan fingerprint density at radius 3 is 1.93 bits per heavy atom. The molecule has 7 nitrogen and oxygen atoms in total. The van der Waals surface area contributed by atoms with Crippen molar-refractivity contribution >= 4 is 23.5 Å². The number of ether oxygens (including phenoxy) is 1. The van der Waals surface area contributed by atoms with Gasteiger partial charge in [-0.25, -0.2) is 0 Å². The molecule has 0 saturated carbocycles. The highest BCUT2D eigenvalue weighted by Gasteiger charge is 2.09. The number of aliphatic carboxylic acids is 2. The molecule has 1 rings (SSSR count). The molecule has 0 heterocycles. The number of rotatable bonds is 17. The van der Waals surface area contributed by atoms with Gasteiger partial charge >= 0.3 is 11.9 Å². The normalized spacial score (nSPS) is 10.6. The summed E-state index contributed by atoms with van der Waals surface area (Å²) in [5, 5.41) is 20.2. The largest absolute Gasteiger partial charge is 0.491 e. The average Bonchev–Trinajstić information content (AvgIpc) is 2.68. The number of carboxylic acids is 2. The molecule has 0 aliphatic rings. The van der Waals surface area contributed by atoms with Gasteiger partial charge in [-0.1, -0.05) is 44.6 Å². The number of amides is 1. The molecule has 0 aliphatic carbocycles. The number of benzene rings is 1. The minimum atomic E-state index is -0.852. The highest BCUT2D eigenvalue weighted by Crippen LogP contribution is 2.26. The number of hydrogen-bond donors (Lipinski definition) is 3. The zero-order chi connectivity index (χ0) is 22.2. The first kappa shape index (κ1) is 25.5. The predicted molar refractivity (Wildman–Crippen MR) is 116 cm³/mol. The summed E-state index contributed by atoms with van der Waals surface area (Å²) < 4.78 is 5.67. The smallest absolute Gasteiger partial charge is 0.303 e. The topological polar surface area (TPSA) is 113 Å². The zero-order valence-corrected chi connectivity index (χ0v) is 18.0. The summed E-state index contributed by atoms with van der Waals surface area (Å²) in [6, 6.07) is 5.55. The van der Waals surface area contributed by atoms with Gasteiger partial charge in [0.05, 0.1) is 12.3 Å². The van der Waals surface area contributed by atoms with Crippen molar-refractivity contribution in [2.75, 3.05) is 11.9 Å². The van der Waals surface area contributed by atoms with Crippen LogP contribution in [0.5, 0.6) is 5.75 Å². The third-order valence-electron chi connectivity index (χ3n) is 4.75. The van der Waals surface area contributed by atoms with Crippen molar-refractivity contribution in [1.29, 1.82) is 0 Å². The third kappa shape index (κ3) is 12.8. The molecule has 0 saturated heterocycles. The van der Waals surface area contributed by atoms with Crippen LogP contribution in [0.25, 0.3) is 0 Å². The molecule has 1 amide bonds. The van der Waals surface area contributed by atoms with E-state index in [9.17, 15) is 14.4 Å². The zero-order valence-electron chi connectivity index (χ0n) is 18.0. The molecule has 0 spiro atoms. The van der Waals surface area contributed by atoms with E-state index in [1.165, 1.54) is 0 Å². The molecular weight excluding hydrogens is 386 g/mol. The summed E-state index contributed by atoms with van der Waals surface area (Å²) in [6.07, 6.45) is 9.07. The lowest BCUT2D eigenvalue weighted by Crippen LogP contribution is -2.13. The Kier molecular flexibility index (Phi) is 13.0. The summed E-state index contributed by atoms with van der Waals surface area (Å²) in [4.78, 5) is 33.3. The van der Waals surface area contributed by atoms with Crippen LogP contribution in [0.3, 0.4) is 0 Å². The standard InChI is InChI=1S/C23H35NO6/c1-18-14-15-19(20(17-18)30-16-10-13-23(28)29)24-21(25)11-8-6-4-2-3-5-7-9-12-22(26)27/h14-15,17H,2-13,16H2,1H3,(H,24,25)(H,26,27)(H,28,29). The predicted octanol–water partition coefficient (Wildman–Crippen LogP) is 5.16. The molecule has 0 aromatic heterocycles. The molecule has 0 bridgehead atoms. The van der Waals surface area contributed by atoms with Gasteiger partial charge in [-0.3, -0.25) is 14.4 Å². The van der Waals surface area contributed by atoms with Crippen molar-refractivity contribution < 1.29 is 29.3 Å². The molecule has 7 heteroatoms. The molecule has 0 atom stereocenters. The summed E-state index contributed by atoms with van der Waals surface area (Å²) in [7, 11) is 0. The van der Waals surface area contributed by atoms with Crippen LogP contribution in [-0.2, 0) is 14.4 Å². The van der Waals surface area contributed by atoms with Crippen LogP contribution in [0.4, 0.5) is 5.69 Å². The van der Waals surface area contributed by atoms with Gasteiger partial charge in [0.25, 0.3) is 0 Å². The molecule has 0 radical (unpaired) electrons. The molecule has 168 valence electrons. The fourth-order valence-corrected chi connectivity index (χ4v) is 3.09. The Balaban J connectivity index is 2.21. The van der Waals surface area contributed by atoms with Crippen LogP contribution in [-0.4, -0.2) is 34.7 Å². The van der Waals surface area contributed by atoms with Gasteiger partial charge in [0, 0.05) is 19.3 Å². The monoisotopic (exact) mass is 421 g/mol. The summed E-state index contributed by atoms with van der Waals surface area (Å²) in [5.41, 5.74) is 1.62. The van der Waals surface area contributed by atoms with Crippen LogP contribution in [0.1, 0.15) is 82.6 Å². The second-order valence-electron chi connectivity index (χ2n) is 7.62. The number of hydrogen-bond acceptors (Lipinski definition) is 4. The summed E-state index contributed by atoms with van der Waals surface area (Å²) in [6.45, 7) is 2.22. The third-order valence-corrected chi connectivity index (χ3v) is 4.75. The van der Waals surface area contributed by atoms with E-state index in [0.717, 1.165) is 56.9 Å². The van der Waals surface area contributed by atoms with Crippen LogP contribution < -0.4 is 10.1 Å². The van der Waals surface area contributed by atoms with Gasteiger partial charge in [-0.15, -0.1) is 0 Å². The van der Waals surface area contributed by atoms with E-state index >= 15 is 0 Å². The Hall–Kier alpha value is -2.57. The van der Waals surface area contributed by atoms with E-state index in [-0.39, 0.29) is 25.4 Å². The van der Waals surface area contributed by atoms with Gasteiger partial charge in [-0.2, -0.15) is 0 Å². The maximum atomic E-state index is 12.2. The van der Waals surface area contributed by atoms with Crippen molar-refractivity contribution in [3.8, 4) is 5.75 Å². The van der Waals surface area contributed by atoms with Gasteiger partial charge in [-0.05, 0) is 43.9 Å². The SMILES string of the molecule is Cc1ccc(NC(=O)CCCCCCCCCCC(=O)O)c(OCCCC(=O)O)c1. The van der Waals surface area contributed by atoms with E-state index in [2.05, 4.69) is 5.32 Å². The molecule has 0 fully saturated rings. The lowest BCUT2D eigenvalue weighted by molar-refractivity contribution is -0.138. The second kappa shape index (κ2) is 15.3. The average molecular weight is 422 g/mol. The van der Waals surface area contributed by atoms with Crippen LogP contribution in [0.2, 0.25) is 0 Å². The number of anilines is 1. The van der Waals surface area contributed by atoms with Crippen molar-refractivity contribution in [1.82, 2.24) is 0 Å². The highest BCUT2D eigenvalue weighted by atomic mass is 16.5. The Labute approximate surface area is 178 Å². The maximum absolute atomic E-state index is 12.2. The molecule has 1 aromatic rings. The van der Waals surface area contributed by atoms with Gasteiger partial charge in [0.1, 0.15) is 5.75 Å². The van der Waals surface area contributed by atoms with Gasteiger partial charge in [0.15, 0.2) is 0 Å². The molecule has 3 N–H and O–H groups in total. The van der Waals surface area contributed by atoms with Gasteiger partial charge < -0.3 is 20.3 Å². The minimum absolute atomic E-state index is 0.0514. The van der Waals surface area contributed by atoms with Gasteiger partial charge in [0.2, 0.25) is 5.91 Å². The van der Waals surface area contributed by atoms with Crippen molar-refractivity contribution in [3.63, 3.8) is 0 Å².